The Morgan fingerprint density at radius 2 is 1.63 bits per heavy atom. The number of hydrogen-bond acceptors (Lipinski definition) is 5. The zero-order valence-electron chi connectivity index (χ0n) is 18.5. The van der Waals surface area contributed by atoms with Crippen LogP contribution in [0.5, 0.6) is 0 Å². The number of hydrogen-bond donors (Lipinski definition) is 0. The molecule has 0 N–H and O–H groups in total. The van der Waals surface area contributed by atoms with Gasteiger partial charge in [-0.2, -0.15) is 0 Å². The van der Waals surface area contributed by atoms with Crippen molar-refractivity contribution in [1.82, 2.24) is 0 Å². The number of carbonyl (C=O) groups excluding carboxylic acids is 2. The molecule has 0 spiro atoms. The molecule has 3 fully saturated rings. The van der Waals surface area contributed by atoms with E-state index in [0.717, 1.165) is 37.7 Å². The van der Waals surface area contributed by atoms with E-state index in [2.05, 4.69) is 45.0 Å². The lowest BCUT2D eigenvalue weighted by molar-refractivity contribution is -0.232. The van der Waals surface area contributed by atoms with Crippen LogP contribution in [0.15, 0.2) is 24.3 Å². The minimum absolute atomic E-state index is 0.0242. The van der Waals surface area contributed by atoms with Crippen LogP contribution in [-0.4, -0.2) is 30.6 Å². The van der Waals surface area contributed by atoms with Crippen molar-refractivity contribution in [3.63, 3.8) is 0 Å². The maximum absolute atomic E-state index is 12.2. The smallest absolute Gasteiger partial charge is 0.313 e. The quantitative estimate of drug-likeness (QED) is 0.516. The number of carbonyl (C=O) groups is 2. The SMILES string of the molecule is CC(C)(C)C1(c2ccc(CCC3(C4CCCC4)CC(=O)CC(=O)O3)cc2)OCCO1. The van der Waals surface area contributed by atoms with Crippen LogP contribution in [0, 0.1) is 11.3 Å². The number of ether oxygens (including phenoxy) is 3. The standard InChI is InChI=1S/C25H34O5/c1-23(2,3)25(28-14-15-29-25)20-10-8-18(9-11-20)12-13-24(19-6-4-5-7-19)17-21(26)16-22(27)30-24/h8-11,19H,4-7,12-17H2,1-3H3. The molecule has 5 nitrogen and oxygen atoms in total. The molecule has 30 heavy (non-hydrogen) atoms. The molecule has 0 radical (unpaired) electrons. The van der Waals surface area contributed by atoms with Gasteiger partial charge in [-0.15, -0.1) is 0 Å². The molecule has 1 aliphatic carbocycles. The van der Waals surface area contributed by atoms with E-state index >= 15 is 0 Å². The summed E-state index contributed by atoms with van der Waals surface area (Å²) in [6.45, 7) is 7.59. The Bertz CT molecular complexity index is 761. The van der Waals surface area contributed by atoms with E-state index < -0.39 is 11.4 Å². The number of benzene rings is 1. The van der Waals surface area contributed by atoms with Gasteiger partial charge in [0.1, 0.15) is 17.8 Å². The predicted molar refractivity (Wildman–Crippen MR) is 113 cm³/mol. The summed E-state index contributed by atoms with van der Waals surface area (Å²) in [6, 6.07) is 8.41. The van der Waals surface area contributed by atoms with Crippen molar-refractivity contribution in [3.05, 3.63) is 35.4 Å². The Kier molecular flexibility index (Phi) is 5.80. The topological polar surface area (TPSA) is 61.8 Å². The van der Waals surface area contributed by atoms with Gasteiger partial charge in [0.05, 0.1) is 13.2 Å². The predicted octanol–water partition coefficient (Wildman–Crippen LogP) is 4.70. The van der Waals surface area contributed by atoms with Gasteiger partial charge in [0.2, 0.25) is 0 Å². The summed E-state index contributed by atoms with van der Waals surface area (Å²) in [4.78, 5) is 24.4. The summed E-state index contributed by atoms with van der Waals surface area (Å²) in [6.07, 6.45) is 6.18. The van der Waals surface area contributed by atoms with Crippen LogP contribution in [-0.2, 0) is 36.0 Å². The zero-order chi connectivity index (χ0) is 21.4. The number of rotatable bonds is 5. The van der Waals surface area contributed by atoms with Crippen molar-refractivity contribution in [2.75, 3.05) is 13.2 Å². The van der Waals surface area contributed by atoms with Gasteiger partial charge in [0, 0.05) is 17.4 Å². The highest BCUT2D eigenvalue weighted by Crippen LogP contribution is 2.47. The van der Waals surface area contributed by atoms with E-state index in [4.69, 9.17) is 14.2 Å². The largest absolute Gasteiger partial charge is 0.458 e. The van der Waals surface area contributed by atoms with Crippen molar-refractivity contribution >= 4 is 11.8 Å². The molecule has 1 aromatic rings. The maximum Gasteiger partial charge on any atom is 0.313 e. The molecule has 2 saturated heterocycles. The van der Waals surface area contributed by atoms with Gasteiger partial charge < -0.3 is 14.2 Å². The van der Waals surface area contributed by atoms with Crippen molar-refractivity contribution in [3.8, 4) is 0 Å². The summed E-state index contributed by atoms with van der Waals surface area (Å²) in [5, 5.41) is 0. The molecule has 4 rings (SSSR count). The molecule has 1 aromatic carbocycles. The lowest BCUT2D eigenvalue weighted by Gasteiger charge is -2.41. The van der Waals surface area contributed by atoms with E-state index in [0.29, 0.717) is 32.0 Å². The second kappa shape index (κ2) is 8.08. The molecular weight excluding hydrogens is 380 g/mol. The van der Waals surface area contributed by atoms with Crippen molar-refractivity contribution in [2.45, 2.75) is 83.5 Å². The molecule has 164 valence electrons. The minimum Gasteiger partial charge on any atom is -0.458 e. The fourth-order valence-corrected chi connectivity index (χ4v) is 5.57. The van der Waals surface area contributed by atoms with Gasteiger partial charge in [0.15, 0.2) is 5.79 Å². The summed E-state index contributed by atoms with van der Waals surface area (Å²) < 4.78 is 18.1. The number of esters is 1. The van der Waals surface area contributed by atoms with Crippen LogP contribution < -0.4 is 0 Å². The first kappa shape index (κ1) is 21.5. The third-order valence-electron chi connectivity index (χ3n) is 7.11. The number of Topliss-reactive ketones (excluding diaryl/α,β-unsaturated/α-hetero) is 1. The Labute approximate surface area is 179 Å². The Morgan fingerprint density at radius 3 is 2.20 bits per heavy atom. The summed E-state index contributed by atoms with van der Waals surface area (Å²) in [5.74, 6) is -0.747. The van der Waals surface area contributed by atoms with Gasteiger partial charge in [-0.25, -0.2) is 0 Å². The summed E-state index contributed by atoms with van der Waals surface area (Å²) in [5.41, 5.74) is 1.40. The summed E-state index contributed by atoms with van der Waals surface area (Å²) in [7, 11) is 0. The number of aryl methyl sites for hydroxylation is 1. The maximum atomic E-state index is 12.2. The Hall–Kier alpha value is -1.72. The molecular formula is C25H34O5. The molecule has 2 heterocycles. The van der Waals surface area contributed by atoms with Crippen molar-refractivity contribution in [1.29, 1.82) is 0 Å². The molecule has 2 aliphatic heterocycles. The zero-order valence-corrected chi connectivity index (χ0v) is 18.5. The van der Waals surface area contributed by atoms with E-state index in [9.17, 15) is 9.59 Å². The third kappa shape index (κ3) is 3.94. The Balaban J connectivity index is 1.51. The molecule has 1 unspecified atom stereocenters. The average Bonchev–Trinajstić information content (AvgIpc) is 3.38. The lowest BCUT2D eigenvalue weighted by Crippen LogP contribution is -2.48. The first-order valence-electron chi connectivity index (χ1n) is 11.3. The molecule has 3 aliphatic rings. The van der Waals surface area contributed by atoms with Crippen LogP contribution in [0.3, 0.4) is 0 Å². The van der Waals surface area contributed by atoms with Gasteiger partial charge in [0.25, 0.3) is 0 Å². The summed E-state index contributed by atoms with van der Waals surface area (Å²) >= 11 is 0. The molecule has 1 saturated carbocycles. The fourth-order valence-electron chi connectivity index (χ4n) is 5.57. The van der Waals surface area contributed by atoms with E-state index in [1.807, 2.05) is 0 Å². The second-order valence-electron chi connectivity index (χ2n) is 10.2. The van der Waals surface area contributed by atoms with Gasteiger partial charge >= 0.3 is 5.97 Å². The molecule has 5 heteroatoms. The number of cyclic esters (lactones) is 1. The lowest BCUT2D eigenvalue weighted by atomic mass is 9.76. The second-order valence-corrected chi connectivity index (χ2v) is 10.2. The van der Waals surface area contributed by atoms with E-state index in [1.165, 1.54) is 5.56 Å². The van der Waals surface area contributed by atoms with Crippen LogP contribution in [0.2, 0.25) is 0 Å². The highest BCUT2D eigenvalue weighted by molar-refractivity contribution is 5.98. The fraction of sp³-hybridized carbons (Fsp3) is 0.680. The first-order valence-corrected chi connectivity index (χ1v) is 11.3. The van der Waals surface area contributed by atoms with E-state index in [-0.39, 0.29) is 23.6 Å². The highest BCUT2D eigenvalue weighted by atomic mass is 16.7. The average molecular weight is 415 g/mol. The molecule has 1 atom stereocenters. The van der Waals surface area contributed by atoms with Crippen molar-refractivity contribution in [2.24, 2.45) is 11.3 Å². The normalized spacial score (nSPS) is 27.4. The molecule has 0 bridgehead atoms. The minimum atomic E-state index is -0.720. The van der Waals surface area contributed by atoms with Crippen LogP contribution >= 0.6 is 0 Å². The van der Waals surface area contributed by atoms with Gasteiger partial charge in [-0.1, -0.05) is 57.9 Å². The van der Waals surface area contributed by atoms with Crippen molar-refractivity contribution < 1.29 is 23.8 Å². The van der Waals surface area contributed by atoms with Gasteiger partial charge in [-0.3, -0.25) is 9.59 Å². The van der Waals surface area contributed by atoms with Gasteiger partial charge in [-0.05, 0) is 37.2 Å². The number of ketones is 1. The highest BCUT2D eigenvalue weighted by Gasteiger charge is 2.49. The third-order valence-corrected chi connectivity index (χ3v) is 7.11. The van der Waals surface area contributed by atoms with Crippen LogP contribution in [0.4, 0.5) is 0 Å². The van der Waals surface area contributed by atoms with Crippen LogP contribution in [0.1, 0.15) is 76.8 Å². The van der Waals surface area contributed by atoms with Crippen LogP contribution in [0.25, 0.3) is 0 Å². The molecule has 0 aromatic heterocycles. The Morgan fingerprint density at radius 1 is 1.00 bits per heavy atom. The van der Waals surface area contributed by atoms with E-state index in [1.54, 1.807) is 0 Å². The monoisotopic (exact) mass is 414 g/mol. The first-order chi connectivity index (χ1) is 14.2. The molecule has 0 amide bonds.